The van der Waals surface area contributed by atoms with Crippen molar-refractivity contribution in [1.82, 2.24) is 0 Å². The van der Waals surface area contributed by atoms with Gasteiger partial charge in [0.2, 0.25) is 0 Å². The third-order valence-corrected chi connectivity index (χ3v) is 2.79. The van der Waals surface area contributed by atoms with Crippen LogP contribution in [0.3, 0.4) is 0 Å². The van der Waals surface area contributed by atoms with Gasteiger partial charge in [0.05, 0.1) is 11.6 Å². The molecule has 8 heteroatoms. The van der Waals surface area contributed by atoms with Crippen LogP contribution in [0.2, 0.25) is 0 Å². The SMILES string of the molecule is C=C(OS(=O)(=O)C(F)(F)F)c1cccc(C#N)c1. The smallest absolute Gasteiger partial charge is 0.376 e. The number of hydrogen-bond acceptors (Lipinski definition) is 4. The highest BCUT2D eigenvalue weighted by molar-refractivity contribution is 7.87. The van der Waals surface area contributed by atoms with Crippen molar-refractivity contribution in [3.8, 4) is 6.07 Å². The minimum atomic E-state index is -5.75. The summed E-state index contributed by atoms with van der Waals surface area (Å²) in [4.78, 5) is 0. The van der Waals surface area contributed by atoms with Crippen LogP contribution in [0.15, 0.2) is 30.8 Å². The van der Waals surface area contributed by atoms with Crippen LogP contribution in [-0.4, -0.2) is 13.9 Å². The maximum absolute atomic E-state index is 12.0. The number of rotatable bonds is 3. The molecule has 0 spiro atoms. The highest BCUT2D eigenvalue weighted by Crippen LogP contribution is 2.29. The molecule has 1 aromatic rings. The molecule has 0 fully saturated rings. The molecule has 0 radical (unpaired) electrons. The highest BCUT2D eigenvalue weighted by Gasteiger charge is 2.48. The zero-order valence-corrected chi connectivity index (χ0v) is 9.55. The third-order valence-electron chi connectivity index (χ3n) is 1.81. The van der Waals surface area contributed by atoms with Gasteiger partial charge in [-0.2, -0.15) is 26.9 Å². The Bertz CT molecular complexity index is 614. The van der Waals surface area contributed by atoms with Gasteiger partial charge in [0.15, 0.2) is 0 Å². The number of benzene rings is 1. The van der Waals surface area contributed by atoms with Gasteiger partial charge in [-0.25, -0.2) is 0 Å². The van der Waals surface area contributed by atoms with Crippen molar-refractivity contribution in [1.29, 1.82) is 5.26 Å². The molecule has 1 rings (SSSR count). The Labute approximate surface area is 101 Å². The summed E-state index contributed by atoms with van der Waals surface area (Å²) in [6, 6.07) is 6.94. The highest BCUT2D eigenvalue weighted by atomic mass is 32.2. The summed E-state index contributed by atoms with van der Waals surface area (Å²) in [7, 11) is -5.75. The summed E-state index contributed by atoms with van der Waals surface area (Å²) in [6.07, 6.45) is 0. The van der Waals surface area contributed by atoms with E-state index < -0.39 is 21.4 Å². The second-order valence-corrected chi connectivity index (χ2v) is 4.64. The topological polar surface area (TPSA) is 67.2 Å². The van der Waals surface area contributed by atoms with E-state index in [1.807, 2.05) is 0 Å². The first kappa shape index (κ1) is 14.1. The van der Waals surface area contributed by atoms with E-state index in [0.717, 1.165) is 6.07 Å². The fraction of sp³-hybridized carbons (Fsp3) is 0.100. The molecule has 96 valence electrons. The van der Waals surface area contributed by atoms with Crippen molar-refractivity contribution in [3.63, 3.8) is 0 Å². The van der Waals surface area contributed by atoms with Gasteiger partial charge in [-0.15, -0.1) is 0 Å². The lowest BCUT2D eigenvalue weighted by Crippen LogP contribution is -2.24. The fourth-order valence-corrected chi connectivity index (χ4v) is 1.45. The molecule has 0 amide bonds. The lowest BCUT2D eigenvalue weighted by Gasteiger charge is -2.11. The maximum atomic E-state index is 12.0. The zero-order chi connectivity index (χ0) is 14.0. The molecule has 0 aliphatic heterocycles. The third kappa shape index (κ3) is 3.01. The quantitative estimate of drug-likeness (QED) is 0.483. The Morgan fingerprint density at radius 1 is 1.39 bits per heavy atom. The van der Waals surface area contributed by atoms with Gasteiger partial charge in [-0.3, -0.25) is 0 Å². The molecule has 0 unspecified atom stereocenters. The van der Waals surface area contributed by atoms with E-state index >= 15 is 0 Å². The predicted molar refractivity (Wildman–Crippen MR) is 56.3 cm³/mol. The van der Waals surface area contributed by atoms with E-state index in [9.17, 15) is 21.6 Å². The number of alkyl halides is 3. The molecular weight excluding hydrogens is 271 g/mol. The van der Waals surface area contributed by atoms with Gasteiger partial charge < -0.3 is 4.18 Å². The molecule has 0 aliphatic carbocycles. The second-order valence-electron chi connectivity index (χ2n) is 3.10. The first-order valence-electron chi connectivity index (χ1n) is 4.37. The van der Waals surface area contributed by atoms with Gasteiger partial charge in [0.1, 0.15) is 5.76 Å². The van der Waals surface area contributed by atoms with Crippen LogP contribution in [0.1, 0.15) is 11.1 Å². The molecule has 0 aliphatic rings. The Kier molecular flexibility index (Phi) is 3.67. The van der Waals surface area contributed by atoms with Gasteiger partial charge in [0, 0.05) is 5.56 Å². The van der Waals surface area contributed by atoms with Crippen LogP contribution in [0.4, 0.5) is 13.2 Å². The van der Waals surface area contributed by atoms with E-state index in [0.29, 0.717) is 0 Å². The molecule has 0 saturated carbocycles. The Morgan fingerprint density at radius 3 is 2.50 bits per heavy atom. The van der Waals surface area contributed by atoms with Crippen molar-refractivity contribution in [2.24, 2.45) is 0 Å². The monoisotopic (exact) mass is 277 g/mol. The standard InChI is InChI=1S/C10H6F3NO3S/c1-7(17-18(15,16)10(11,12)13)9-4-2-3-8(5-9)6-14/h2-5H,1H2. The molecular formula is C10H6F3NO3S. The van der Waals surface area contributed by atoms with Gasteiger partial charge in [-0.05, 0) is 12.1 Å². The van der Waals surface area contributed by atoms with Crippen LogP contribution >= 0.6 is 0 Å². The number of halogens is 3. The van der Waals surface area contributed by atoms with E-state index in [2.05, 4.69) is 10.8 Å². The van der Waals surface area contributed by atoms with Gasteiger partial charge in [0.25, 0.3) is 0 Å². The fourth-order valence-electron chi connectivity index (χ4n) is 0.990. The zero-order valence-electron chi connectivity index (χ0n) is 8.73. The molecule has 0 atom stereocenters. The van der Waals surface area contributed by atoms with Crippen molar-refractivity contribution in [2.45, 2.75) is 5.51 Å². The molecule has 0 saturated heterocycles. The summed E-state index contributed by atoms with van der Waals surface area (Å²) in [5.74, 6) is -0.704. The molecule has 1 aromatic carbocycles. The Hall–Kier alpha value is -2.01. The number of hydrogen-bond donors (Lipinski definition) is 0. The van der Waals surface area contributed by atoms with Crippen molar-refractivity contribution in [2.75, 3.05) is 0 Å². The van der Waals surface area contributed by atoms with Crippen LogP contribution < -0.4 is 0 Å². The van der Waals surface area contributed by atoms with Crippen molar-refractivity contribution >= 4 is 15.9 Å². The predicted octanol–water partition coefficient (Wildman–Crippen LogP) is 2.40. The summed E-state index contributed by atoms with van der Waals surface area (Å²) in [6.45, 7) is 3.09. The van der Waals surface area contributed by atoms with Crippen LogP contribution in [-0.2, 0) is 14.3 Å². The van der Waals surface area contributed by atoms with Crippen LogP contribution in [0.25, 0.3) is 5.76 Å². The normalized spacial score (nSPS) is 11.7. The molecule has 0 heterocycles. The van der Waals surface area contributed by atoms with E-state index in [1.54, 1.807) is 6.07 Å². The first-order chi connectivity index (χ1) is 8.17. The Morgan fingerprint density at radius 2 is 2.00 bits per heavy atom. The number of nitrogens with zero attached hydrogens (tertiary/aromatic N) is 1. The molecule has 0 bridgehead atoms. The lowest BCUT2D eigenvalue weighted by molar-refractivity contribution is -0.0509. The average molecular weight is 277 g/mol. The average Bonchev–Trinajstić information content (AvgIpc) is 2.27. The molecule has 4 nitrogen and oxygen atoms in total. The van der Waals surface area contributed by atoms with Crippen molar-refractivity contribution in [3.05, 3.63) is 42.0 Å². The van der Waals surface area contributed by atoms with E-state index in [-0.39, 0.29) is 11.1 Å². The van der Waals surface area contributed by atoms with Gasteiger partial charge >= 0.3 is 15.6 Å². The van der Waals surface area contributed by atoms with E-state index in [1.165, 1.54) is 18.2 Å². The molecule has 0 aromatic heterocycles. The maximum Gasteiger partial charge on any atom is 0.534 e. The Balaban J connectivity index is 3.01. The minimum absolute atomic E-state index is 0.0260. The van der Waals surface area contributed by atoms with Crippen molar-refractivity contribution < 1.29 is 25.8 Å². The summed E-state index contributed by atoms with van der Waals surface area (Å²) in [5.41, 5.74) is -5.41. The molecule has 18 heavy (non-hydrogen) atoms. The summed E-state index contributed by atoms with van der Waals surface area (Å²) < 4.78 is 61.4. The van der Waals surface area contributed by atoms with Crippen LogP contribution in [0, 0.1) is 11.3 Å². The minimum Gasteiger partial charge on any atom is -0.376 e. The van der Waals surface area contributed by atoms with Gasteiger partial charge in [-0.1, -0.05) is 18.7 Å². The number of nitriles is 1. The van der Waals surface area contributed by atoms with E-state index in [4.69, 9.17) is 5.26 Å². The summed E-state index contributed by atoms with van der Waals surface area (Å²) in [5, 5.41) is 8.59. The second kappa shape index (κ2) is 4.70. The largest absolute Gasteiger partial charge is 0.534 e. The molecule has 0 N–H and O–H groups in total. The lowest BCUT2D eigenvalue weighted by atomic mass is 10.1. The summed E-state index contributed by atoms with van der Waals surface area (Å²) >= 11 is 0. The van der Waals surface area contributed by atoms with Crippen LogP contribution in [0.5, 0.6) is 0 Å². The first-order valence-corrected chi connectivity index (χ1v) is 5.78.